The first-order chi connectivity index (χ1) is 8.57. The minimum atomic E-state index is 0.167. The van der Waals surface area contributed by atoms with Gasteiger partial charge in [0.05, 0.1) is 0 Å². The maximum absolute atomic E-state index is 6.09. The second kappa shape index (κ2) is 7.63. The number of hydrogen-bond donors (Lipinski definition) is 1. The van der Waals surface area contributed by atoms with Crippen molar-refractivity contribution in [2.45, 2.75) is 51.6 Å². The molecule has 0 spiro atoms. The Morgan fingerprint density at radius 3 is 2.33 bits per heavy atom. The fourth-order valence-corrected chi connectivity index (χ4v) is 4.14. The van der Waals surface area contributed by atoms with Gasteiger partial charge in [-0.15, -0.1) is 11.3 Å². The summed E-state index contributed by atoms with van der Waals surface area (Å²) in [6, 6.07) is 2.21. The molecule has 0 amide bonds. The molecule has 2 nitrogen and oxygen atoms in total. The number of likely N-dealkylation sites (N-methyl/N-ethyl adjacent to an activating group) is 1. The monoisotopic (exact) mass is 332 g/mol. The van der Waals surface area contributed by atoms with Crippen LogP contribution in [0.15, 0.2) is 15.9 Å². The highest BCUT2D eigenvalue weighted by molar-refractivity contribution is 9.10. The number of rotatable bonds is 8. The summed E-state index contributed by atoms with van der Waals surface area (Å²) in [7, 11) is 2.21. The van der Waals surface area contributed by atoms with Gasteiger partial charge in [-0.3, -0.25) is 4.90 Å². The van der Waals surface area contributed by atoms with Gasteiger partial charge in [-0.05, 0) is 41.9 Å². The summed E-state index contributed by atoms with van der Waals surface area (Å²) in [6.07, 6.45) is 4.74. The summed E-state index contributed by atoms with van der Waals surface area (Å²) in [4.78, 5) is 3.85. The van der Waals surface area contributed by atoms with Gasteiger partial charge in [-0.2, -0.15) is 0 Å². The lowest BCUT2D eigenvalue weighted by atomic mass is 9.87. The van der Waals surface area contributed by atoms with Crippen molar-refractivity contribution >= 4 is 27.3 Å². The lowest BCUT2D eigenvalue weighted by Crippen LogP contribution is -2.51. The molecule has 1 aromatic rings. The van der Waals surface area contributed by atoms with Crippen molar-refractivity contribution in [1.29, 1.82) is 0 Å². The highest BCUT2D eigenvalue weighted by atomic mass is 79.9. The third kappa shape index (κ3) is 4.05. The average molecular weight is 333 g/mol. The Morgan fingerprint density at radius 1 is 1.33 bits per heavy atom. The Kier molecular flexibility index (Phi) is 6.85. The molecule has 18 heavy (non-hydrogen) atoms. The van der Waals surface area contributed by atoms with Crippen LogP contribution in [0.4, 0.5) is 0 Å². The summed E-state index contributed by atoms with van der Waals surface area (Å²) < 4.78 is 1.18. The Labute approximate surface area is 124 Å². The topological polar surface area (TPSA) is 29.3 Å². The van der Waals surface area contributed by atoms with Gasteiger partial charge >= 0.3 is 0 Å². The molecule has 0 atom stereocenters. The van der Waals surface area contributed by atoms with Gasteiger partial charge in [0.15, 0.2) is 0 Å². The molecule has 0 saturated heterocycles. The third-order valence-corrected chi connectivity index (χ3v) is 5.32. The minimum Gasteiger partial charge on any atom is -0.329 e. The predicted octanol–water partition coefficient (Wildman–Crippen LogP) is 4.24. The van der Waals surface area contributed by atoms with E-state index in [0.29, 0.717) is 0 Å². The largest absolute Gasteiger partial charge is 0.329 e. The van der Waals surface area contributed by atoms with Crippen molar-refractivity contribution in [3.8, 4) is 0 Å². The maximum Gasteiger partial charge on any atom is 0.0332 e. The van der Waals surface area contributed by atoms with Crippen molar-refractivity contribution in [2.75, 3.05) is 13.6 Å². The predicted molar refractivity (Wildman–Crippen MR) is 85.1 cm³/mol. The van der Waals surface area contributed by atoms with Crippen molar-refractivity contribution in [2.24, 2.45) is 5.73 Å². The quantitative estimate of drug-likeness (QED) is 0.771. The zero-order chi connectivity index (χ0) is 13.6. The highest BCUT2D eigenvalue weighted by Crippen LogP contribution is 2.29. The Hall–Kier alpha value is 0.1000. The van der Waals surface area contributed by atoms with E-state index in [1.54, 1.807) is 0 Å². The molecule has 0 fully saturated rings. The zero-order valence-corrected chi connectivity index (χ0v) is 14.1. The van der Waals surface area contributed by atoms with Crippen molar-refractivity contribution in [3.63, 3.8) is 0 Å². The van der Waals surface area contributed by atoms with E-state index < -0.39 is 0 Å². The zero-order valence-electron chi connectivity index (χ0n) is 11.7. The molecule has 1 heterocycles. The fraction of sp³-hybridized carbons (Fsp3) is 0.714. The van der Waals surface area contributed by atoms with Crippen molar-refractivity contribution < 1.29 is 0 Å². The summed E-state index contributed by atoms with van der Waals surface area (Å²) >= 11 is 5.33. The van der Waals surface area contributed by atoms with Crippen LogP contribution in [0.1, 0.15) is 44.4 Å². The summed E-state index contributed by atoms with van der Waals surface area (Å²) in [6.45, 7) is 6.23. The molecule has 1 aromatic heterocycles. The van der Waals surface area contributed by atoms with Crippen LogP contribution in [0, 0.1) is 0 Å². The molecule has 0 saturated carbocycles. The average Bonchev–Trinajstić information content (AvgIpc) is 2.74. The molecule has 2 N–H and O–H groups in total. The molecule has 0 unspecified atom stereocenters. The van der Waals surface area contributed by atoms with E-state index in [1.807, 2.05) is 11.3 Å². The number of nitrogens with two attached hydrogens (primary N) is 1. The minimum absolute atomic E-state index is 0.167. The molecule has 1 rings (SSSR count). The smallest absolute Gasteiger partial charge is 0.0332 e. The van der Waals surface area contributed by atoms with E-state index in [2.05, 4.69) is 53.2 Å². The van der Waals surface area contributed by atoms with Crippen LogP contribution in [0.3, 0.4) is 0 Å². The molecule has 0 aromatic carbocycles. The molecular weight excluding hydrogens is 308 g/mol. The van der Waals surface area contributed by atoms with Gasteiger partial charge in [-0.25, -0.2) is 0 Å². The lowest BCUT2D eigenvalue weighted by molar-refractivity contribution is 0.0966. The van der Waals surface area contributed by atoms with Crippen LogP contribution in [-0.2, 0) is 6.54 Å². The van der Waals surface area contributed by atoms with E-state index in [-0.39, 0.29) is 5.54 Å². The van der Waals surface area contributed by atoms with Gasteiger partial charge < -0.3 is 5.73 Å². The third-order valence-electron chi connectivity index (χ3n) is 3.64. The normalized spacial score (nSPS) is 12.3. The number of hydrogen-bond acceptors (Lipinski definition) is 3. The Bertz CT molecular complexity index is 345. The Balaban J connectivity index is 2.77. The molecule has 0 radical (unpaired) electrons. The number of nitrogens with zero attached hydrogens (tertiary/aromatic N) is 1. The van der Waals surface area contributed by atoms with E-state index in [0.717, 1.165) is 13.1 Å². The van der Waals surface area contributed by atoms with Gasteiger partial charge in [-0.1, -0.05) is 26.7 Å². The van der Waals surface area contributed by atoms with Gasteiger partial charge in [0.1, 0.15) is 0 Å². The van der Waals surface area contributed by atoms with Gasteiger partial charge in [0.25, 0.3) is 0 Å². The first-order valence-electron chi connectivity index (χ1n) is 6.72. The van der Waals surface area contributed by atoms with E-state index in [4.69, 9.17) is 5.73 Å². The van der Waals surface area contributed by atoms with Crippen molar-refractivity contribution in [3.05, 3.63) is 20.8 Å². The summed E-state index contributed by atoms with van der Waals surface area (Å²) in [5.74, 6) is 0. The molecule has 0 aliphatic carbocycles. The maximum atomic E-state index is 6.09. The van der Waals surface area contributed by atoms with Gasteiger partial charge in [0, 0.05) is 33.4 Å². The SMILES string of the molecule is CCCC(CN)(CCC)N(C)Cc1cc(Br)cs1. The first kappa shape index (κ1) is 16.2. The van der Waals surface area contributed by atoms with Gasteiger partial charge in [0.2, 0.25) is 0 Å². The molecule has 4 heteroatoms. The lowest BCUT2D eigenvalue weighted by Gasteiger charge is -2.41. The van der Waals surface area contributed by atoms with Crippen LogP contribution in [0.2, 0.25) is 0 Å². The Morgan fingerprint density at radius 2 is 1.94 bits per heavy atom. The number of thiophene rings is 1. The van der Waals surface area contributed by atoms with E-state index >= 15 is 0 Å². The summed E-state index contributed by atoms with van der Waals surface area (Å²) in [5.41, 5.74) is 6.26. The van der Waals surface area contributed by atoms with Crippen LogP contribution in [-0.4, -0.2) is 24.0 Å². The first-order valence-corrected chi connectivity index (χ1v) is 8.39. The molecular formula is C14H25BrN2S. The standard InChI is InChI=1S/C14H25BrN2S/c1-4-6-14(11-16,7-5-2)17(3)9-13-8-12(15)10-18-13/h8,10H,4-7,9,11,16H2,1-3H3. The second-order valence-corrected chi connectivity index (χ2v) is 6.93. The van der Waals surface area contributed by atoms with Crippen molar-refractivity contribution in [1.82, 2.24) is 4.90 Å². The van der Waals surface area contributed by atoms with Crippen LogP contribution < -0.4 is 5.73 Å². The van der Waals surface area contributed by atoms with Crippen LogP contribution in [0.25, 0.3) is 0 Å². The summed E-state index contributed by atoms with van der Waals surface area (Å²) in [5, 5.41) is 2.15. The molecule has 104 valence electrons. The molecule has 0 bridgehead atoms. The van der Waals surface area contributed by atoms with Crippen LogP contribution >= 0.6 is 27.3 Å². The fourth-order valence-electron chi connectivity index (χ4n) is 2.64. The molecule has 0 aliphatic heterocycles. The van der Waals surface area contributed by atoms with Crippen LogP contribution in [0.5, 0.6) is 0 Å². The molecule has 0 aliphatic rings. The second-order valence-electron chi connectivity index (χ2n) is 5.02. The van der Waals surface area contributed by atoms with E-state index in [9.17, 15) is 0 Å². The highest BCUT2D eigenvalue weighted by Gasteiger charge is 2.31. The van der Waals surface area contributed by atoms with E-state index in [1.165, 1.54) is 35.0 Å². The number of halogens is 1.